The van der Waals surface area contributed by atoms with Crippen molar-refractivity contribution in [1.82, 2.24) is 9.55 Å². The van der Waals surface area contributed by atoms with Crippen molar-refractivity contribution in [2.45, 2.75) is 90.4 Å². The van der Waals surface area contributed by atoms with Gasteiger partial charge in [0.2, 0.25) is 0 Å². The van der Waals surface area contributed by atoms with Crippen LogP contribution >= 0.6 is 0 Å². The van der Waals surface area contributed by atoms with Crippen molar-refractivity contribution in [2.75, 3.05) is 0 Å². The molecular formula is C30H34N2O6. The Morgan fingerprint density at radius 2 is 1.87 bits per heavy atom. The lowest BCUT2D eigenvalue weighted by atomic mass is 9.86. The topological polar surface area (TPSA) is 108 Å². The SMILES string of the molecule is CCCCCCCCCC(=O)Oc1cccc2nc3c(cc12)Cn1c-3cc2c(c1=O)COC(=O)[C@]2(O)CC. The second kappa shape index (κ2) is 10.7. The summed E-state index contributed by atoms with van der Waals surface area (Å²) in [5, 5.41) is 11.7. The van der Waals surface area contributed by atoms with Crippen molar-refractivity contribution < 1.29 is 24.2 Å². The molecule has 1 N–H and O–H groups in total. The van der Waals surface area contributed by atoms with Crippen LogP contribution in [0.3, 0.4) is 0 Å². The van der Waals surface area contributed by atoms with E-state index in [0.717, 1.165) is 24.8 Å². The molecule has 8 heteroatoms. The largest absolute Gasteiger partial charge is 0.458 e. The molecule has 0 aliphatic carbocycles. The molecule has 38 heavy (non-hydrogen) atoms. The molecule has 3 aromatic rings. The van der Waals surface area contributed by atoms with Crippen LogP contribution in [0, 0.1) is 0 Å². The first-order chi connectivity index (χ1) is 18.4. The fourth-order valence-electron chi connectivity index (χ4n) is 5.46. The van der Waals surface area contributed by atoms with Gasteiger partial charge in [-0.15, -0.1) is 0 Å². The van der Waals surface area contributed by atoms with Crippen LogP contribution in [0.15, 0.2) is 35.1 Å². The number of hydrogen-bond donors (Lipinski definition) is 1. The molecule has 1 atom stereocenters. The molecule has 0 saturated heterocycles. The molecule has 8 nitrogen and oxygen atoms in total. The third-order valence-corrected chi connectivity index (χ3v) is 7.72. The summed E-state index contributed by atoms with van der Waals surface area (Å²) in [5.74, 6) is -0.556. The van der Waals surface area contributed by atoms with Gasteiger partial charge in [0.15, 0.2) is 5.60 Å². The number of fused-ring (bicyclic) bond motifs is 5. The van der Waals surface area contributed by atoms with E-state index in [9.17, 15) is 19.5 Å². The van der Waals surface area contributed by atoms with E-state index in [1.807, 2.05) is 12.1 Å². The monoisotopic (exact) mass is 518 g/mol. The van der Waals surface area contributed by atoms with Crippen LogP contribution < -0.4 is 10.3 Å². The van der Waals surface area contributed by atoms with E-state index in [1.54, 1.807) is 29.7 Å². The highest BCUT2D eigenvalue weighted by molar-refractivity contribution is 5.91. The van der Waals surface area contributed by atoms with E-state index in [0.29, 0.717) is 41.0 Å². The van der Waals surface area contributed by atoms with Crippen LogP contribution in [0.4, 0.5) is 0 Å². The fourth-order valence-corrected chi connectivity index (χ4v) is 5.46. The molecule has 5 rings (SSSR count). The number of carbonyl (C=O) groups is 2. The Bertz CT molecular complexity index is 1460. The number of cyclic esters (lactones) is 1. The second-order valence-corrected chi connectivity index (χ2v) is 10.3. The zero-order valence-electron chi connectivity index (χ0n) is 22.0. The number of unbranched alkanes of at least 4 members (excludes halogenated alkanes) is 6. The highest BCUT2D eigenvalue weighted by Gasteiger charge is 2.45. The fraction of sp³-hybridized carbons (Fsp3) is 0.467. The first kappa shape index (κ1) is 26.1. The van der Waals surface area contributed by atoms with Gasteiger partial charge in [-0.05, 0) is 37.1 Å². The molecule has 2 aliphatic heterocycles. The van der Waals surface area contributed by atoms with E-state index in [2.05, 4.69) is 6.92 Å². The molecule has 0 fully saturated rings. The minimum Gasteiger partial charge on any atom is -0.458 e. The summed E-state index contributed by atoms with van der Waals surface area (Å²) in [6.07, 6.45) is 8.36. The predicted molar refractivity (Wildman–Crippen MR) is 143 cm³/mol. The summed E-state index contributed by atoms with van der Waals surface area (Å²) in [6.45, 7) is 4.00. The maximum Gasteiger partial charge on any atom is 0.343 e. The van der Waals surface area contributed by atoms with E-state index >= 15 is 0 Å². The number of pyridine rings is 2. The highest BCUT2D eigenvalue weighted by Crippen LogP contribution is 2.39. The number of nitrogens with zero attached hydrogens (tertiary/aromatic N) is 2. The summed E-state index contributed by atoms with van der Waals surface area (Å²) in [6, 6.07) is 8.99. The van der Waals surface area contributed by atoms with E-state index in [-0.39, 0.29) is 35.7 Å². The van der Waals surface area contributed by atoms with Gasteiger partial charge < -0.3 is 19.1 Å². The number of hydrogen-bond acceptors (Lipinski definition) is 7. The molecule has 1 aromatic carbocycles. The van der Waals surface area contributed by atoms with Gasteiger partial charge in [-0.3, -0.25) is 9.59 Å². The van der Waals surface area contributed by atoms with Gasteiger partial charge in [0, 0.05) is 22.9 Å². The number of aliphatic hydroxyl groups is 1. The smallest absolute Gasteiger partial charge is 0.343 e. The lowest BCUT2D eigenvalue weighted by Crippen LogP contribution is -2.44. The molecule has 0 spiro atoms. The van der Waals surface area contributed by atoms with Gasteiger partial charge in [0.1, 0.15) is 12.4 Å². The maximum absolute atomic E-state index is 13.4. The Balaban J connectivity index is 1.39. The Morgan fingerprint density at radius 3 is 2.63 bits per heavy atom. The van der Waals surface area contributed by atoms with Gasteiger partial charge in [-0.25, -0.2) is 9.78 Å². The molecule has 0 amide bonds. The molecule has 2 aromatic heterocycles. The standard InChI is InChI=1S/C30H34N2O6/c1-3-5-6-7-8-9-10-14-26(33)38-25-13-11-12-23-20(25)15-19-17-32-24(27(19)31-23)16-22-21(28(32)34)18-37-29(35)30(22,36)4-2/h11-13,15-16,36H,3-10,14,17-18H2,1-2H3/t30-/m0/s1. The Morgan fingerprint density at radius 1 is 1.11 bits per heavy atom. The van der Waals surface area contributed by atoms with Crippen molar-refractivity contribution >= 4 is 22.8 Å². The van der Waals surface area contributed by atoms with Gasteiger partial charge in [0.25, 0.3) is 5.56 Å². The lowest BCUT2D eigenvalue weighted by molar-refractivity contribution is -0.172. The van der Waals surface area contributed by atoms with Crippen molar-refractivity contribution in [3.63, 3.8) is 0 Å². The Hall–Kier alpha value is -3.52. The van der Waals surface area contributed by atoms with Crippen LogP contribution in [-0.4, -0.2) is 26.6 Å². The molecule has 200 valence electrons. The van der Waals surface area contributed by atoms with E-state index in [4.69, 9.17) is 14.5 Å². The highest BCUT2D eigenvalue weighted by atomic mass is 16.6. The zero-order chi connectivity index (χ0) is 26.9. The van der Waals surface area contributed by atoms with E-state index < -0.39 is 11.6 Å². The molecule has 0 saturated carbocycles. The summed E-state index contributed by atoms with van der Waals surface area (Å²) in [5.41, 5.74) is 1.01. The number of carbonyl (C=O) groups excluding carboxylic acids is 2. The summed E-state index contributed by atoms with van der Waals surface area (Å²) < 4.78 is 12.5. The minimum absolute atomic E-state index is 0.0906. The maximum atomic E-state index is 13.4. The van der Waals surface area contributed by atoms with Crippen molar-refractivity contribution in [3.05, 3.63) is 57.4 Å². The van der Waals surface area contributed by atoms with Crippen molar-refractivity contribution in [2.24, 2.45) is 0 Å². The average Bonchev–Trinajstić information content (AvgIpc) is 3.27. The van der Waals surface area contributed by atoms with Crippen molar-refractivity contribution in [1.29, 1.82) is 0 Å². The number of aromatic nitrogens is 2. The number of rotatable bonds is 10. The lowest BCUT2D eigenvalue weighted by Gasteiger charge is -2.31. The first-order valence-electron chi connectivity index (χ1n) is 13.7. The van der Waals surface area contributed by atoms with Crippen LogP contribution in [0.2, 0.25) is 0 Å². The Labute approximate surface area is 221 Å². The predicted octanol–water partition coefficient (Wildman–Crippen LogP) is 5.13. The van der Waals surface area contributed by atoms with Crippen LogP contribution in [0.25, 0.3) is 22.3 Å². The molecule has 0 radical (unpaired) electrons. The molecule has 0 unspecified atom stereocenters. The van der Waals surface area contributed by atoms with Gasteiger partial charge in [0.05, 0.1) is 29.0 Å². The molecular weight excluding hydrogens is 484 g/mol. The molecule has 4 heterocycles. The van der Waals surface area contributed by atoms with Gasteiger partial charge in [-0.2, -0.15) is 0 Å². The van der Waals surface area contributed by atoms with Crippen molar-refractivity contribution in [3.8, 4) is 17.1 Å². The second-order valence-electron chi connectivity index (χ2n) is 10.3. The number of benzene rings is 1. The summed E-state index contributed by atoms with van der Waals surface area (Å²) in [4.78, 5) is 43.1. The molecule has 2 aliphatic rings. The summed E-state index contributed by atoms with van der Waals surface area (Å²) >= 11 is 0. The number of ether oxygens (including phenoxy) is 2. The van der Waals surface area contributed by atoms with Crippen LogP contribution in [-0.2, 0) is 33.1 Å². The normalized spacial score (nSPS) is 17.6. The quantitative estimate of drug-likeness (QED) is 0.176. The zero-order valence-corrected chi connectivity index (χ0v) is 22.0. The minimum atomic E-state index is -1.86. The molecule has 0 bridgehead atoms. The van der Waals surface area contributed by atoms with Gasteiger partial charge in [-0.1, -0.05) is 58.4 Å². The first-order valence-corrected chi connectivity index (χ1v) is 13.7. The average molecular weight is 519 g/mol. The summed E-state index contributed by atoms with van der Waals surface area (Å²) in [7, 11) is 0. The van der Waals surface area contributed by atoms with Crippen LogP contribution in [0.1, 0.15) is 88.3 Å². The number of esters is 2. The third-order valence-electron chi connectivity index (χ3n) is 7.72. The third kappa shape index (κ3) is 4.62. The Kier molecular flexibility index (Phi) is 7.34. The van der Waals surface area contributed by atoms with Gasteiger partial charge >= 0.3 is 11.9 Å². The van der Waals surface area contributed by atoms with Crippen LogP contribution in [0.5, 0.6) is 5.75 Å². The van der Waals surface area contributed by atoms with E-state index in [1.165, 1.54) is 25.7 Å².